The SMILES string of the molecule is CCN(CC(F)(F)C1CCC(CC(C)C)CC1)C(C)C. The molecule has 1 fully saturated rings. The average molecular weight is 289 g/mol. The van der Waals surface area contributed by atoms with Crippen LogP contribution in [-0.4, -0.2) is 30.0 Å². The minimum absolute atomic E-state index is 0.0688. The fourth-order valence-corrected chi connectivity index (χ4v) is 3.55. The summed E-state index contributed by atoms with van der Waals surface area (Å²) in [5.41, 5.74) is 0. The van der Waals surface area contributed by atoms with E-state index < -0.39 is 11.8 Å². The van der Waals surface area contributed by atoms with Gasteiger partial charge in [0.2, 0.25) is 0 Å². The first kappa shape index (κ1) is 17.9. The van der Waals surface area contributed by atoms with E-state index in [9.17, 15) is 8.78 Å². The normalized spacial score (nSPS) is 24.9. The quantitative estimate of drug-likeness (QED) is 0.622. The summed E-state index contributed by atoms with van der Waals surface area (Å²) in [5.74, 6) is -1.56. The lowest BCUT2D eigenvalue weighted by Crippen LogP contribution is -2.45. The van der Waals surface area contributed by atoms with Crippen molar-refractivity contribution in [3.05, 3.63) is 0 Å². The van der Waals surface area contributed by atoms with Gasteiger partial charge in [-0.2, -0.15) is 0 Å². The number of rotatable bonds is 7. The van der Waals surface area contributed by atoms with Crippen molar-refractivity contribution in [3.63, 3.8) is 0 Å². The molecule has 0 aliphatic heterocycles. The summed E-state index contributed by atoms with van der Waals surface area (Å²) in [6.45, 7) is 11.1. The minimum atomic E-state index is -2.52. The molecular formula is C17H33F2N. The Balaban J connectivity index is 2.49. The van der Waals surface area contributed by atoms with Crippen molar-refractivity contribution in [3.8, 4) is 0 Å². The highest BCUT2D eigenvalue weighted by molar-refractivity contribution is 4.86. The van der Waals surface area contributed by atoms with E-state index in [1.54, 1.807) is 0 Å². The lowest BCUT2D eigenvalue weighted by atomic mass is 9.76. The smallest absolute Gasteiger partial charge is 0.263 e. The summed E-state index contributed by atoms with van der Waals surface area (Å²) in [6, 6.07) is 0.197. The van der Waals surface area contributed by atoms with Crippen molar-refractivity contribution in [2.75, 3.05) is 13.1 Å². The van der Waals surface area contributed by atoms with Gasteiger partial charge >= 0.3 is 0 Å². The molecule has 0 aromatic carbocycles. The summed E-state index contributed by atoms with van der Waals surface area (Å²) in [5, 5.41) is 0. The lowest BCUT2D eigenvalue weighted by Gasteiger charge is -2.37. The van der Waals surface area contributed by atoms with Crippen molar-refractivity contribution < 1.29 is 8.78 Å². The van der Waals surface area contributed by atoms with Crippen LogP contribution < -0.4 is 0 Å². The van der Waals surface area contributed by atoms with Crippen LogP contribution >= 0.6 is 0 Å². The topological polar surface area (TPSA) is 3.24 Å². The maximum atomic E-state index is 14.5. The molecule has 0 saturated heterocycles. The minimum Gasteiger partial charge on any atom is -0.295 e. The summed E-state index contributed by atoms with van der Waals surface area (Å²) in [7, 11) is 0. The number of halogens is 2. The molecule has 0 aromatic rings. The Hall–Kier alpha value is -0.180. The molecule has 1 aliphatic carbocycles. The Kier molecular flexibility index (Phi) is 6.90. The molecule has 0 atom stereocenters. The largest absolute Gasteiger partial charge is 0.295 e. The van der Waals surface area contributed by atoms with Gasteiger partial charge in [-0.15, -0.1) is 0 Å². The maximum Gasteiger partial charge on any atom is 0.263 e. The highest BCUT2D eigenvalue weighted by atomic mass is 19.3. The average Bonchev–Trinajstić information content (AvgIpc) is 2.35. The Labute approximate surface area is 124 Å². The van der Waals surface area contributed by atoms with Crippen LogP contribution in [0.25, 0.3) is 0 Å². The van der Waals surface area contributed by atoms with Crippen LogP contribution in [0.15, 0.2) is 0 Å². The van der Waals surface area contributed by atoms with E-state index in [1.807, 2.05) is 25.7 Å². The third-order valence-corrected chi connectivity index (χ3v) is 4.80. The molecule has 3 heteroatoms. The lowest BCUT2D eigenvalue weighted by molar-refractivity contribution is -0.100. The molecule has 0 unspecified atom stereocenters. The fraction of sp³-hybridized carbons (Fsp3) is 1.00. The second-order valence-electron chi connectivity index (χ2n) is 7.27. The predicted molar refractivity (Wildman–Crippen MR) is 82.2 cm³/mol. The fourth-order valence-electron chi connectivity index (χ4n) is 3.55. The van der Waals surface area contributed by atoms with Crippen LogP contribution in [0.5, 0.6) is 0 Å². The maximum absolute atomic E-state index is 14.5. The van der Waals surface area contributed by atoms with Crippen LogP contribution in [0.4, 0.5) is 8.78 Å². The van der Waals surface area contributed by atoms with Crippen LogP contribution in [-0.2, 0) is 0 Å². The molecular weight excluding hydrogens is 256 g/mol. The zero-order valence-electron chi connectivity index (χ0n) is 14.0. The zero-order chi connectivity index (χ0) is 15.3. The van der Waals surface area contributed by atoms with Gasteiger partial charge in [0.05, 0.1) is 6.54 Å². The van der Waals surface area contributed by atoms with Crippen molar-refractivity contribution in [2.45, 2.75) is 78.7 Å². The van der Waals surface area contributed by atoms with Crippen LogP contribution in [0, 0.1) is 17.8 Å². The predicted octanol–water partition coefficient (Wildman–Crippen LogP) is 5.20. The van der Waals surface area contributed by atoms with Gasteiger partial charge in [0, 0.05) is 12.0 Å². The third kappa shape index (κ3) is 5.31. The van der Waals surface area contributed by atoms with Crippen LogP contribution in [0.3, 0.4) is 0 Å². The highest BCUT2D eigenvalue weighted by Crippen LogP contribution is 2.41. The monoisotopic (exact) mass is 289 g/mol. The molecule has 0 bridgehead atoms. The number of nitrogens with zero attached hydrogens (tertiary/aromatic N) is 1. The van der Waals surface area contributed by atoms with Gasteiger partial charge in [0.1, 0.15) is 0 Å². The summed E-state index contributed by atoms with van der Waals surface area (Å²) in [4.78, 5) is 1.89. The molecule has 1 rings (SSSR count). The number of hydrogen-bond donors (Lipinski definition) is 0. The second-order valence-corrected chi connectivity index (χ2v) is 7.27. The van der Waals surface area contributed by atoms with E-state index in [-0.39, 0.29) is 12.6 Å². The van der Waals surface area contributed by atoms with Gasteiger partial charge in [-0.25, -0.2) is 8.78 Å². The summed E-state index contributed by atoms with van der Waals surface area (Å²) in [6.07, 6.45) is 4.60. The molecule has 20 heavy (non-hydrogen) atoms. The Morgan fingerprint density at radius 2 is 1.60 bits per heavy atom. The van der Waals surface area contributed by atoms with Gasteiger partial charge < -0.3 is 0 Å². The molecule has 0 amide bonds. The van der Waals surface area contributed by atoms with E-state index in [1.165, 1.54) is 6.42 Å². The first-order valence-electron chi connectivity index (χ1n) is 8.38. The molecule has 0 heterocycles. The number of hydrogen-bond acceptors (Lipinski definition) is 1. The molecule has 0 spiro atoms. The Bertz CT molecular complexity index is 268. The van der Waals surface area contributed by atoms with Gasteiger partial charge in [-0.05, 0) is 64.3 Å². The van der Waals surface area contributed by atoms with E-state index >= 15 is 0 Å². The molecule has 120 valence electrons. The third-order valence-electron chi connectivity index (χ3n) is 4.80. The van der Waals surface area contributed by atoms with E-state index in [2.05, 4.69) is 13.8 Å². The summed E-state index contributed by atoms with van der Waals surface area (Å²) >= 11 is 0. The Morgan fingerprint density at radius 3 is 2.00 bits per heavy atom. The Morgan fingerprint density at radius 1 is 1.05 bits per heavy atom. The zero-order valence-corrected chi connectivity index (χ0v) is 14.0. The highest BCUT2D eigenvalue weighted by Gasteiger charge is 2.42. The van der Waals surface area contributed by atoms with Crippen molar-refractivity contribution in [1.82, 2.24) is 4.90 Å². The van der Waals surface area contributed by atoms with Gasteiger partial charge in [-0.1, -0.05) is 20.8 Å². The first-order valence-corrected chi connectivity index (χ1v) is 8.38. The van der Waals surface area contributed by atoms with Crippen molar-refractivity contribution in [2.24, 2.45) is 17.8 Å². The van der Waals surface area contributed by atoms with E-state index in [0.717, 1.165) is 12.8 Å². The molecule has 0 N–H and O–H groups in total. The van der Waals surface area contributed by atoms with Crippen molar-refractivity contribution in [1.29, 1.82) is 0 Å². The molecule has 1 nitrogen and oxygen atoms in total. The molecule has 0 aromatic heterocycles. The first-order chi connectivity index (χ1) is 9.26. The van der Waals surface area contributed by atoms with Crippen molar-refractivity contribution >= 4 is 0 Å². The van der Waals surface area contributed by atoms with E-state index in [0.29, 0.717) is 31.2 Å². The van der Waals surface area contributed by atoms with Gasteiger partial charge in [0.25, 0.3) is 5.92 Å². The molecule has 1 aliphatic rings. The van der Waals surface area contributed by atoms with Crippen LogP contribution in [0.2, 0.25) is 0 Å². The second kappa shape index (κ2) is 7.72. The van der Waals surface area contributed by atoms with E-state index in [4.69, 9.17) is 0 Å². The van der Waals surface area contributed by atoms with Gasteiger partial charge in [-0.3, -0.25) is 4.90 Å². The standard InChI is InChI=1S/C17H33F2N/c1-6-20(14(4)5)12-17(18,19)16-9-7-15(8-10-16)11-13(2)3/h13-16H,6-12H2,1-5H3. The summed E-state index contributed by atoms with van der Waals surface area (Å²) < 4.78 is 28.9. The van der Waals surface area contributed by atoms with Gasteiger partial charge in [0.15, 0.2) is 0 Å². The molecule has 0 radical (unpaired) electrons. The van der Waals surface area contributed by atoms with Crippen LogP contribution in [0.1, 0.15) is 66.7 Å². The number of alkyl halides is 2. The molecule has 1 saturated carbocycles.